The highest BCUT2D eigenvalue weighted by Crippen LogP contribution is 2.27. The van der Waals surface area contributed by atoms with Crippen molar-refractivity contribution in [3.63, 3.8) is 0 Å². The van der Waals surface area contributed by atoms with Crippen LogP contribution < -0.4 is 10.1 Å². The van der Waals surface area contributed by atoms with E-state index in [4.69, 9.17) is 9.15 Å². The van der Waals surface area contributed by atoms with Crippen LogP contribution in [0.15, 0.2) is 64.6 Å². The molecule has 3 rings (SSSR count). The molecule has 0 unspecified atom stereocenters. The first-order valence-electron chi connectivity index (χ1n) is 9.10. The zero-order valence-corrected chi connectivity index (χ0v) is 16.7. The Bertz CT molecular complexity index is 1250. The lowest BCUT2D eigenvalue weighted by molar-refractivity contribution is -0.112. The number of amides is 1. The van der Waals surface area contributed by atoms with Gasteiger partial charge in [-0.2, -0.15) is 5.26 Å². The summed E-state index contributed by atoms with van der Waals surface area (Å²) in [6.07, 6.45) is 1.22. The molecule has 1 heterocycles. The summed E-state index contributed by atoms with van der Waals surface area (Å²) in [7, 11) is 1.45. The molecule has 0 spiro atoms. The summed E-state index contributed by atoms with van der Waals surface area (Å²) in [6.45, 7) is 0. The number of aromatic carboxylic acids is 2. The molecule has 0 aliphatic carbocycles. The Labute approximate surface area is 181 Å². The van der Waals surface area contributed by atoms with Crippen LogP contribution in [0.5, 0.6) is 5.75 Å². The number of hydrogen-bond donors (Lipinski definition) is 3. The lowest BCUT2D eigenvalue weighted by atomic mass is 10.0. The fourth-order valence-electron chi connectivity index (χ4n) is 2.83. The molecule has 160 valence electrons. The molecule has 0 saturated carbocycles. The SMILES string of the molecule is COc1ccccc1NC(=O)/C(C#N)=C/c1ccc(-c2cc(C(=O)O)cc(C(=O)O)c2)o1. The summed E-state index contributed by atoms with van der Waals surface area (Å²) in [5.74, 6) is -2.53. The summed E-state index contributed by atoms with van der Waals surface area (Å²) < 4.78 is 10.8. The zero-order chi connectivity index (χ0) is 23.3. The first-order chi connectivity index (χ1) is 15.3. The minimum Gasteiger partial charge on any atom is -0.495 e. The molecule has 0 aliphatic heterocycles. The molecular formula is C23H16N2O7. The van der Waals surface area contributed by atoms with E-state index < -0.39 is 17.8 Å². The smallest absolute Gasteiger partial charge is 0.335 e. The van der Waals surface area contributed by atoms with Gasteiger partial charge in [0.2, 0.25) is 0 Å². The number of methoxy groups -OCH3 is 1. The number of hydrogen-bond acceptors (Lipinski definition) is 6. The van der Waals surface area contributed by atoms with E-state index in [1.165, 1.54) is 37.5 Å². The summed E-state index contributed by atoms with van der Waals surface area (Å²) in [5, 5.41) is 30.4. The number of nitrogens with zero attached hydrogens (tertiary/aromatic N) is 1. The van der Waals surface area contributed by atoms with Crippen molar-refractivity contribution in [3.8, 4) is 23.1 Å². The number of carboxylic acids is 2. The van der Waals surface area contributed by atoms with Gasteiger partial charge in [0.25, 0.3) is 5.91 Å². The Morgan fingerprint density at radius 2 is 1.69 bits per heavy atom. The molecule has 1 aromatic heterocycles. The molecule has 2 aromatic carbocycles. The van der Waals surface area contributed by atoms with Gasteiger partial charge in [-0.1, -0.05) is 12.1 Å². The first kappa shape index (κ1) is 21.9. The van der Waals surface area contributed by atoms with Crippen molar-refractivity contribution in [1.29, 1.82) is 5.26 Å². The Balaban J connectivity index is 1.90. The number of nitriles is 1. The van der Waals surface area contributed by atoms with Crippen LogP contribution in [0, 0.1) is 11.3 Å². The summed E-state index contributed by atoms with van der Waals surface area (Å²) in [4.78, 5) is 35.1. The third kappa shape index (κ3) is 4.83. The highest BCUT2D eigenvalue weighted by Gasteiger charge is 2.16. The van der Waals surface area contributed by atoms with Crippen LogP contribution in [0.2, 0.25) is 0 Å². The number of anilines is 1. The normalized spacial score (nSPS) is 10.8. The molecule has 0 bridgehead atoms. The number of para-hydroxylation sites is 2. The van der Waals surface area contributed by atoms with Crippen LogP contribution in [-0.2, 0) is 4.79 Å². The molecule has 0 radical (unpaired) electrons. The fourth-order valence-corrected chi connectivity index (χ4v) is 2.83. The van der Waals surface area contributed by atoms with E-state index in [0.29, 0.717) is 11.4 Å². The minimum absolute atomic E-state index is 0.143. The maximum atomic E-state index is 12.5. The Hall–Kier alpha value is -4.84. The Kier molecular flexibility index (Phi) is 6.36. The van der Waals surface area contributed by atoms with Crippen molar-refractivity contribution in [2.75, 3.05) is 12.4 Å². The number of benzene rings is 2. The van der Waals surface area contributed by atoms with Crippen LogP contribution in [0.1, 0.15) is 26.5 Å². The van der Waals surface area contributed by atoms with Crippen LogP contribution in [0.25, 0.3) is 17.4 Å². The summed E-state index contributed by atoms with van der Waals surface area (Å²) in [6, 6.07) is 15.0. The number of carbonyl (C=O) groups is 3. The van der Waals surface area contributed by atoms with Gasteiger partial charge in [0.1, 0.15) is 28.9 Å². The van der Waals surface area contributed by atoms with Crippen molar-refractivity contribution in [2.24, 2.45) is 0 Å². The summed E-state index contributed by atoms with van der Waals surface area (Å²) >= 11 is 0. The van der Waals surface area contributed by atoms with Gasteiger partial charge in [0.15, 0.2) is 0 Å². The first-order valence-corrected chi connectivity index (χ1v) is 9.10. The lowest BCUT2D eigenvalue weighted by Crippen LogP contribution is -2.14. The summed E-state index contributed by atoms with van der Waals surface area (Å²) in [5.41, 5.74) is -0.0844. The van der Waals surface area contributed by atoms with Crippen LogP contribution >= 0.6 is 0 Å². The predicted molar refractivity (Wildman–Crippen MR) is 113 cm³/mol. The number of nitrogens with one attached hydrogen (secondary N) is 1. The topological polar surface area (TPSA) is 150 Å². The van der Waals surface area contributed by atoms with E-state index in [1.807, 2.05) is 0 Å². The molecule has 3 N–H and O–H groups in total. The van der Waals surface area contributed by atoms with Gasteiger partial charge in [-0.3, -0.25) is 4.79 Å². The molecule has 1 amide bonds. The largest absolute Gasteiger partial charge is 0.495 e. The Morgan fingerprint density at radius 1 is 1.03 bits per heavy atom. The van der Waals surface area contributed by atoms with Crippen molar-refractivity contribution < 1.29 is 33.8 Å². The third-order valence-electron chi connectivity index (χ3n) is 4.35. The standard InChI is InChI=1S/C23H16N2O7/c1-31-20-5-3-2-4-18(20)25-21(26)16(12-24)11-17-6-7-19(32-17)13-8-14(22(27)28)10-15(9-13)23(29)30/h2-11H,1H3,(H,25,26)(H,27,28)(H,29,30)/b16-11+. The van der Waals surface area contributed by atoms with E-state index in [0.717, 1.165) is 6.07 Å². The fraction of sp³-hybridized carbons (Fsp3) is 0.0435. The quantitative estimate of drug-likeness (QED) is 0.376. The van der Waals surface area contributed by atoms with Crippen LogP contribution in [0.4, 0.5) is 5.69 Å². The molecule has 32 heavy (non-hydrogen) atoms. The second-order valence-corrected chi connectivity index (χ2v) is 6.44. The lowest BCUT2D eigenvalue weighted by Gasteiger charge is -2.08. The molecule has 0 saturated heterocycles. The van der Waals surface area contributed by atoms with E-state index >= 15 is 0 Å². The maximum absolute atomic E-state index is 12.5. The van der Waals surface area contributed by atoms with Gasteiger partial charge in [0, 0.05) is 11.6 Å². The van der Waals surface area contributed by atoms with Crippen molar-refractivity contribution in [2.45, 2.75) is 0 Å². The van der Waals surface area contributed by atoms with E-state index in [2.05, 4.69) is 5.32 Å². The monoisotopic (exact) mass is 432 g/mol. The van der Waals surface area contributed by atoms with Crippen molar-refractivity contribution in [3.05, 3.63) is 77.1 Å². The number of ether oxygens (including phenoxy) is 1. The Morgan fingerprint density at radius 3 is 2.28 bits per heavy atom. The predicted octanol–water partition coefficient (Wildman–Crippen LogP) is 3.90. The zero-order valence-electron chi connectivity index (χ0n) is 16.7. The molecule has 9 heteroatoms. The van der Waals surface area contributed by atoms with Crippen molar-refractivity contribution >= 4 is 29.6 Å². The van der Waals surface area contributed by atoms with Crippen LogP contribution in [-0.4, -0.2) is 35.2 Å². The second-order valence-electron chi connectivity index (χ2n) is 6.44. The van der Waals surface area contributed by atoms with Gasteiger partial charge >= 0.3 is 11.9 Å². The molecule has 3 aromatic rings. The van der Waals surface area contributed by atoms with E-state index in [9.17, 15) is 29.9 Å². The number of rotatable bonds is 7. The average molecular weight is 432 g/mol. The highest BCUT2D eigenvalue weighted by molar-refractivity contribution is 6.10. The number of carboxylic acid groups (broad SMARTS) is 2. The molecule has 9 nitrogen and oxygen atoms in total. The van der Waals surface area contributed by atoms with E-state index in [1.54, 1.807) is 30.3 Å². The molecule has 0 aliphatic rings. The second kappa shape index (κ2) is 9.32. The minimum atomic E-state index is -1.29. The maximum Gasteiger partial charge on any atom is 0.335 e. The van der Waals surface area contributed by atoms with Gasteiger partial charge in [-0.15, -0.1) is 0 Å². The van der Waals surface area contributed by atoms with E-state index in [-0.39, 0.29) is 33.8 Å². The third-order valence-corrected chi connectivity index (χ3v) is 4.35. The number of furan rings is 1. The van der Waals surface area contributed by atoms with Gasteiger partial charge in [0.05, 0.1) is 23.9 Å². The van der Waals surface area contributed by atoms with Crippen LogP contribution in [0.3, 0.4) is 0 Å². The van der Waals surface area contributed by atoms with Gasteiger partial charge < -0.3 is 24.7 Å². The van der Waals surface area contributed by atoms with Gasteiger partial charge in [-0.05, 0) is 42.5 Å². The average Bonchev–Trinajstić information content (AvgIpc) is 3.26. The van der Waals surface area contributed by atoms with Gasteiger partial charge in [-0.25, -0.2) is 9.59 Å². The molecular weight excluding hydrogens is 416 g/mol. The molecule has 0 fully saturated rings. The van der Waals surface area contributed by atoms with Crippen molar-refractivity contribution in [1.82, 2.24) is 0 Å². The number of carbonyl (C=O) groups excluding carboxylic acids is 1. The highest BCUT2D eigenvalue weighted by atomic mass is 16.5. The molecule has 0 atom stereocenters.